The molecule has 0 radical (unpaired) electrons. The lowest BCUT2D eigenvalue weighted by molar-refractivity contribution is -0.384. The number of hydrogen-bond donors (Lipinski definition) is 2. The van der Waals surface area contributed by atoms with E-state index >= 15 is 0 Å². The number of nitro groups is 1. The second kappa shape index (κ2) is 10.5. The van der Waals surface area contributed by atoms with Gasteiger partial charge >= 0.3 is 0 Å². The minimum absolute atomic E-state index is 0.0496. The Morgan fingerprint density at radius 2 is 1.76 bits per heavy atom. The first-order chi connectivity index (χ1) is 17.5. The molecule has 0 unspecified atom stereocenters. The second-order valence-corrected chi connectivity index (χ2v) is 10.1. The molecular formula is C23H17Cl2FN6O4S. The summed E-state index contributed by atoms with van der Waals surface area (Å²) in [4.78, 5) is 10.6. The maximum absolute atomic E-state index is 13.2. The number of rotatable bonds is 8. The van der Waals surface area contributed by atoms with Gasteiger partial charge in [-0.3, -0.25) is 20.3 Å². The zero-order valence-electron chi connectivity index (χ0n) is 18.9. The Hall–Kier alpha value is -4.00. The Labute approximate surface area is 220 Å². The van der Waals surface area contributed by atoms with Crippen LogP contribution in [0.25, 0.3) is 5.69 Å². The van der Waals surface area contributed by atoms with Crippen LogP contribution >= 0.6 is 23.2 Å². The van der Waals surface area contributed by atoms with Gasteiger partial charge in [-0.1, -0.05) is 23.2 Å². The number of aromatic nitrogens is 2. The minimum atomic E-state index is -4.12. The average Bonchev–Trinajstić information content (AvgIpc) is 3.14. The number of anilines is 2. The molecule has 0 atom stereocenters. The summed E-state index contributed by atoms with van der Waals surface area (Å²) in [6.45, 7) is 1.68. The third-order valence-electron chi connectivity index (χ3n) is 5.07. The van der Waals surface area contributed by atoms with Gasteiger partial charge in [0.15, 0.2) is 0 Å². The molecule has 10 nitrogen and oxygen atoms in total. The quantitative estimate of drug-likeness (QED) is 0.159. The number of aryl methyl sites for hydroxylation is 1. The summed E-state index contributed by atoms with van der Waals surface area (Å²) in [7, 11) is -4.12. The van der Waals surface area contributed by atoms with Gasteiger partial charge in [-0.2, -0.15) is 10.2 Å². The van der Waals surface area contributed by atoms with Crippen LogP contribution in [0.15, 0.2) is 76.7 Å². The van der Waals surface area contributed by atoms with Crippen molar-refractivity contribution >= 4 is 56.5 Å². The van der Waals surface area contributed by atoms with E-state index in [-0.39, 0.29) is 21.4 Å². The van der Waals surface area contributed by atoms with E-state index in [1.54, 1.807) is 6.92 Å². The van der Waals surface area contributed by atoms with Crippen LogP contribution in [0.2, 0.25) is 10.2 Å². The number of halogens is 3. The Morgan fingerprint density at radius 3 is 2.41 bits per heavy atom. The monoisotopic (exact) mass is 562 g/mol. The molecular weight excluding hydrogens is 546 g/mol. The molecule has 0 aliphatic heterocycles. The van der Waals surface area contributed by atoms with Gasteiger partial charge in [0, 0.05) is 16.8 Å². The maximum Gasteiger partial charge on any atom is 0.295 e. The highest BCUT2D eigenvalue weighted by Gasteiger charge is 2.22. The number of nitrogens with zero attached hydrogens (tertiary/aromatic N) is 4. The van der Waals surface area contributed by atoms with Crippen LogP contribution in [-0.2, 0) is 10.0 Å². The molecule has 0 bridgehead atoms. The van der Waals surface area contributed by atoms with Crippen molar-refractivity contribution in [2.45, 2.75) is 11.8 Å². The molecule has 0 fully saturated rings. The summed E-state index contributed by atoms with van der Waals surface area (Å²) >= 11 is 12.2. The smallest absolute Gasteiger partial charge is 0.280 e. The molecule has 3 aromatic carbocycles. The standard InChI is InChI=1S/C23H17Cl2FN6O4S/c1-14-20(23(25)31(29-14)18-8-4-16(26)5-9-18)13-27-28-21-11-10-19(12-22(21)32(33)34)37(35,36)30-17-6-2-15(24)3-7-17/h2-13,28,30H,1H3. The molecule has 0 spiro atoms. The Balaban J connectivity index is 1.57. The first kappa shape index (κ1) is 26.1. The summed E-state index contributed by atoms with van der Waals surface area (Å²) in [6, 6.07) is 14.8. The summed E-state index contributed by atoms with van der Waals surface area (Å²) in [5.74, 6) is -0.407. The Bertz CT molecular complexity index is 1610. The summed E-state index contributed by atoms with van der Waals surface area (Å²) in [5.41, 5.74) is 3.68. The normalized spacial score (nSPS) is 11.6. The van der Waals surface area contributed by atoms with Crippen LogP contribution in [0, 0.1) is 22.9 Å². The van der Waals surface area contributed by atoms with Crippen molar-refractivity contribution in [3.8, 4) is 5.69 Å². The maximum atomic E-state index is 13.2. The fourth-order valence-corrected chi connectivity index (χ4v) is 4.76. The molecule has 190 valence electrons. The molecule has 37 heavy (non-hydrogen) atoms. The number of hydrogen-bond acceptors (Lipinski definition) is 7. The van der Waals surface area contributed by atoms with Gasteiger partial charge < -0.3 is 0 Å². The molecule has 4 aromatic rings. The van der Waals surface area contributed by atoms with Crippen molar-refractivity contribution in [3.05, 3.63) is 104 Å². The lowest BCUT2D eigenvalue weighted by Gasteiger charge is -2.09. The molecule has 0 saturated heterocycles. The largest absolute Gasteiger partial charge is 0.295 e. The molecule has 0 aliphatic rings. The van der Waals surface area contributed by atoms with Crippen LogP contribution in [0.1, 0.15) is 11.3 Å². The molecule has 1 aromatic heterocycles. The summed E-state index contributed by atoms with van der Waals surface area (Å²) in [6.07, 6.45) is 1.32. The van der Waals surface area contributed by atoms with E-state index in [1.165, 1.54) is 71.6 Å². The zero-order chi connectivity index (χ0) is 26.7. The first-order valence-electron chi connectivity index (χ1n) is 10.4. The lowest BCUT2D eigenvalue weighted by atomic mass is 10.3. The summed E-state index contributed by atoms with van der Waals surface area (Å²) < 4.78 is 42.4. The number of benzene rings is 3. The second-order valence-electron chi connectivity index (χ2n) is 7.60. The molecule has 1 heterocycles. The van der Waals surface area contributed by atoms with Crippen molar-refractivity contribution in [1.29, 1.82) is 0 Å². The fourth-order valence-electron chi connectivity index (χ4n) is 3.23. The molecule has 0 saturated carbocycles. The van der Waals surface area contributed by atoms with E-state index in [4.69, 9.17) is 23.2 Å². The molecule has 4 rings (SSSR count). The fraction of sp³-hybridized carbons (Fsp3) is 0.0435. The number of nitro benzene ring substituents is 1. The number of nitrogens with one attached hydrogen (secondary N) is 2. The molecule has 0 aliphatic carbocycles. The van der Waals surface area contributed by atoms with Crippen molar-refractivity contribution in [1.82, 2.24) is 9.78 Å². The average molecular weight is 563 g/mol. The van der Waals surface area contributed by atoms with Crippen LogP contribution in [0.5, 0.6) is 0 Å². The Kier molecular flexibility index (Phi) is 7.43. The van der Waals surface area contributed by atoms with E-state index in [0.29, 0.717) is 22.0 Å². The SMILES string of the molecule is Cc1nn(-c2ccc(F)cc2)c(Cl)c1C=NNc1ccc(S(=O)(=O)Nc2ccc(Cl)cc2)cc1[N+](=O)[O-]. The van der Waals surface area contributed by atoms with Gasteiger partial charge in [0.2, 0.25) is 0 Å². The predicted molar refractivity (Wildman–Crippen MR) is 140 cm³/mol. The van der Waals surface area contributed by atoms with Crippen molar-refractivity contribution in [2.75, 3.05) is 10.1 Å². The first-order valence-corrected chi connectivity index (χ1v) is 12.7. The van der Waals surface area contributed by atoms with Gasteiger partial charge in [-0.25, -0.2) is 17.5 Å². The van der Waals surface area contributed by atoms with Crippen LogP contribution in [-0.4, -0.2) is 29.3 Å². The highest BCUT2D eigenvalue weighted by Crippen LogP contribution is 2.29. The predicted octanol–water partition coefficient (Wildman–Crippen LogP) is 5.78. The molecule has 14 heteroatoms. The van der Waals surface area contributed by atoms with Gasteiger partial charge in [0.1, 0.15) is 16.7 Å². The van der Waals surface area contributed by atoms with Crippen LogP contribution in [0.3, 0.4) is 0 Å². The van der Waals surface area contributed by atoms with Gasteiger partial charge in [0.25, 0.3) is 15.7 Å². The highest BCUT2D eigenvalue weighted by atomic mass is 35.5. The topological polar surface area (TPSA) is 132 Å². The third-order valence-corrected chi connectivity index (χ3v) is 7.07. The van der Waals surface area contributed by atoms with E-state index in [0.717, 1.165) is 6.07 Å². The van der Waals surface area contributed by atoms with Gasteiger partial charge in [0.05, 0.1) is 33.0 Å². The molecule has 2 N–H and O–H groups in total. The van der Waals surface area contributed by atoms with Gasteiger partial charge in [-0.15, -0.1) is 0 Å². The third kappa shape index (κ3) is 5.88. The summed E-state index contributed by atoms with van der Waals surface area (Å²) in [5, 5.41) is 20.6. The lowest BCUT2D eigenvalue weighted by Crippen LogP contribution is -2.13. The molecule has 0 amide bonds. The Morgan fingerprint density at radius 1 is 1.08 bits per heavy atom. The van der Waals surface area contributed by atoms with E-state index in [1.807, 2.05) is 0 Å². The minimum Gasteiger partial charge on any atom is -0.280 e. The highest BCUT2D eigenvalue weighted by molar-refractivity contribution is 7.92. The number of sulfonamides is 1. The zero-order valence-corrected chi connectivity index (χ0v) is 21.2. The number of hydrazone groups is 1. The van der Waals surface area contributed by atoms with Crippen LogP contribution < -0.4 is 10.1 Å². The van der Waals surface area contributed by atoms with Crippen molar-refractivity contribution < 1.29 is 17.7 Å². The van der Waals surface area contributed by atoms with Crippen LogP contribution in [0.4, 0.5) is 21.5 Å². The van der Waals surface area contributed by atoms with E-state index in [2.05, 4.69) is 20.3 Å². The van der Waals surface area contributed by atoms with Gasteiger partial charge in [-0.05, 0) is 67.6 Å². The van der Waals surface area contributed by atoms with E-state index in [9.17, 15) is 22.9 Å². The van der Waals surface area contributed by atoms with Crippen molar-refractivity contribution in [2.24, 2.45) is 5.10 Å². The van der Waals surface area contributed by atoms with Crippen molar-refractivity contribution in [3.63, 3.8) is 0 Å². The van der Waals surface area contributed by atoms with E-state index < -0.39 is 26.5 Å².